The van der Waals surface area contributed by atoms with Crippen LogP contribution in [0.4, 0.5) is 4.39 Å². The van der Waals surface area contributed by atoms with Crippen LogP contribution in [0.1, 0.15) is 42.9 Å². The predicted molar refractivity (Wildman–Crippen MR) is 104 cm³/mol. The van der Waals surface area contributed by atoms with Crippen molar-refractivity contribution in [3.05, 3.63) is 58.0 Å². The van der Waals surface area contributed by atoms with Gasteiger partial charge in [-0.05, 0) is 66.0 Å². The van der Waals surface area contributed by atoms with Crippen LogP contribution >= 0.6 is 11.3 Å². The zero-order valence-electron chi connectivity index (χ0n) is 14.7. The van der Waals surface area contributed by atoms with E-state index in [2.05, 4.69) is 21.1 Å². The van der Waals surface area contributed by atoms with Gasteiger partial charge in [0.25, 0.3) is 0 Å². The van der Waals surface area contributed by atoms with Crippen molar-refractivity contribution in [1.82, 2.24) is 9.62 Å². The molecule has 1 saturated heterocycles. The van der Waals surface area contributed by atoms with E-state index in [1.807, 2.05) is 5.38 Å². The topological polar surface area (TPSA) is 49.4 Å². The molecule has 1 aromatic carbocycles. The summed E-state index contributed by atoms with van der Waals surface area (Å²) in [6.45, 7) is 2.33. The number of rotatable bonds is 7. The lowest BCUT2D eigenvalue weighted by molar-refractivity contribution is 0.206. The summed E-state index contributed by atoms with van der Waals surface area (Å²) in [7, 11) is -3.53. The number of likely N-dealkylation sites (tertiary alicyclic amines) is 1. The molecular formula is C19H25FN2O2S2. The summed E-state index contributed by atoms with van der Waals surface area (Å²) in [6.07, 6.45) is 4.77. The number of sulfonamides is 1. The van der Waals surface area contributed by atoms with Crippen LogP contribution in [0.5, 0.6) is 0 Å². The molecular weight excluding hydrogens is 371 g/mol. The molecule has 1 atom stereocenters. The van der Waals surface area contributed by atoms with Gasteiger partial charge in [-0.15, -0.1) is 0 Å². The Kier molecular flexibility index (Phi) is 6.80. The molecule has 4 nitrogen and oxygen atoms in total. The first-order valence-corrected chi connectivity index (χ1v) is 11.6. The Balaban J connectivity index is 1.68. The molecule has 1 aliphatic heterocycles. The maximum absolute atomic E-state index is 13.3. The largest absolute Gasteiger partial charge is 0.295 e. The van der Waals surface area contributed by atoms with Gasteiger partial charge in [0.15, 0.2) is 0 Å². The smallest absolute Gasteiger partial charge is 0.215 e. The molecule has 2 aromatic rings. The van der Waals surface area contributed by atoms with E-state index in [1.54, 1.807) is 17.4 Å². The van der Waals surface area contributed by atoms with Crippen LogP contribution in [0.2, 0.25) is 0 Å². The van der Waals surface area contributed by atoms with Gasteiger partial charge >= 0.3 is 0 Å². The predicted octanol–water partition coefficient (Wildman–Crippen LogP) is 3.92. The summed E-state index contributed by atoms with van der Waals surface area (Å²) in [4.78, 5) is 2.39. The highest BCUT2D eigenvalue weighted by molar-refractivity contribution is 7.88. The van der Waals surface area contributed by atoms with Crippen molar-refractivity contribution in [1.29, 1.82) is 0 Å². The van der Waals surface area contributed by atoms with Crippen molar-refractivity contribution in [2.75, 3.05) is 19.6 Å². The van der Waals surface area contributed by atoms with Crippen molar-refractivity contribution in [2.45, 2.75) is 37.5 Å². The fourth-order valence-electron chi connectivity index (χ4n) is 3.43. The van der Waals surface area contributed by atoms with Crippen molar-refractivity contribution in [2.24, 2.45) is 0 Å². The summed E-state index contributed by atoms with van der Waals surface area (Å²) in [5, 5.41) is 4.12. The molecule has 142 valence electrons. The fraction of sp³-hybridized carbons (Fsp3) is 0.474. The lowest BCUT2D eigenvalue weighted by Gasteiger charge is -2.30. The molecule has 1 unspecified atom stereocenters. The minimum absolute atomic E-state index is 0.0432. The number of halogens is 1. The average molecular weight is 397 g/mol. The summed E-state index contributed by atoms with van der Waals surface area (Å²) in [5.41, 5.74) is 1.62. The maximum atomic E-state index is 13.3. The Hall–Kier alpha value is -1.28. The molecule has 2 heterocycles. The molecule has 0 amide bonds. The molecule has 1 aromatic heterocycles. The standard InChI is InChI=1S/C19H25FN2O2S2/c20-18-7-5-6-16(12-18)15-26(23,24)21-13-19(17-8-11-25-14-17)22-9-3-1-2-4-10-22/h5-8,11-12,14,19,21H,1-4,9-10,13,15H2. The minimum Gasteiger partial charge on any atom is -0.295 e. The first-order chi connectivity index (χ1) is 12.5. The van der Waals surface area contributed by atoms with Gasteiger partial charge in [0, 0.05) is 12.6 Å². The Morgan fingerprint density at radius 1 is 1.15 bits per heavy atom. The molecule has 0 saturated carbocycles. The van der Waals surface area contributed by atoms with Crippen molar-refractivity contribution < 1.29 is 12.8 Å². The molecule has 1 N–H and O–H groups in total. The van der Waals surface area contributed by atoms with Crippen LogP contribution in [0.15, 0.2) is 41.1 Å². The first kappa shape index (κ1) is 19.5. The van der Waals surface area contributed by atoms with Crippen molar-refractivity contribution in [3.8, 4) is 0 Å². The van der Waals surface area contributed by atoms with E-state index in [1.165, 1.54) is 31.0 Å². The number of benzene rings is 1. The van der Waals surface area contributed by atoms with Gasteiger partial charge in [-0.25, -0.2) is 17.5 Å². The lowest BCUT2D eigenvalue weighted by Crippen LogP contribution is -2.38. The number of thiophene rings is 1. The number of nitrogens with zero attached hydrogens (tertiary/aromatic N) is 1. The van der Waals surface area contributed by atoms with Crippen LogP contribution < -0.4 is 4.72 Å². The molecule has 0 aliphatic carbocycles. The summed E-state index contributed by atoms with van der Waals surface area (Å²) >= 11 is 1.63. The van der Waals surface area contributed by atoms with E-state index in [0.717, 1.165) is 31.5 Å². The van der Waals surface area contributed by atoms with E-state index in [-0.39, 0.29) is 11.8 Å². The second-order valence-corrected chi connectivity index (χ2v) is 9.35. The van der Waals surface area contributed by atoms with Gasteiger partial charge in [0.05, 0.1) is 5.75 Å². The fourth-order valence-corrected chi connectivity index (χ4v) is 5.27. The van der Waals surface area contributed by atoms with Crippen LogP contribution in [-0.4, -0.2) is 33.0 Å². The van der Waals surface area contributed by atoms with E-state index in [4.69, 9.17) is 0 Å². The first-order valence-electron chi connectivity index (χ1n) is 9.01. The van der Waals surface area contributed by atoms with E-state index in [0.29, 0.717) is 12.1 Å². The average Bonchev–Trinajstić information content (AvgIpc) is 2.98. The molecule has 0 radical (unpaired) electrons. The van der Waals surface area contributed by atoms with E-state index < -0.39 is 15.8 Å². The second kappa shape index (κ2) is 9.08. The highest BCUT2D eigenvalue weighted by atomic mass is 32.2. The quantitative estimate of drug-likeness (QED) is 0.772. The molecule has 3 rings (SSSR count). The SMILES string of the molecule is O=S(=O)(Cc1cccc(F)c1)NCC(c1ccsc1)N1CCCCCC1. The third kappa shape index (κ3) is 5.61. The number of hydrogen-bond acceptors (Lipinski definition) is 4. The Labute approximate surface area is 159 Å². The third-order valence-corrected chi connectivity index (χ3v) is 6.77. The van der Waals surface area contributed by atoms with Gasteiger partial charge in [0.1, 0.15) is 5.82 Å². The highest BCUT2D eigenvalue weighted by Crippen LogP contribution is 2.26. The molecule has 1 fully saturated rings. The van der Waals surface area contributed by atoms with Crippen LogP contribution in [0, 0.1) is 5.82 Å². The van der Waals surface area contributed by atoms with Gasteiger partial charge in [-0.2, -0.15) is 11.3 Å². The van der Waals surface area contributed by atoms with Gasteiger partial charge in [-0.1, -0.05) is 25.0 Å². The second-order valence-electron chi connectivity index (χ2n) is 6.76. The van der Waals surface area contributed by atoms with Crippen LogP contribution in [0.25, 0.3) is 0 Å². The number of nitrogens with one attached hydrogen (secondary N) is 1. The minimum atomic E-state index is -3.53. The zero-order chi connectivity index (χ0) is 18.4. The summed E-state index contributed by atoms with van der Waals surface area (Å²) in [5.74, 6) is -0.625. The Morgan fingerprint density at radius 2 is 1.92 bits per heavy atom. The lowest BCUT2D eigenvalue weighted by atomic mass is 10.1. The molecule has 0 spiro atoms. The molecule has 7 heteroatoms. The van der Waals surface area contributed by atoms with Crippen molar-refractivity contribution in [3.63, 3.8) is 0 Å². The van der Waals surface area contributed by atoms with Gasteiger partial charge < -0.3 is 0 Å². The molecule has 1 aliphatic rings. The van der Waals surface area contributed by atoms with E-state index >= 15 is 0 Å². The summed E-state index contributed by atoms with van der Waals surface area (Å²) in [6, 6.07) is 7.86. The molecule has 0 bridgehead atoms. The normalized spacial score (nSPS) is 17.7. The van der Waals surface area contributed by atoms with Crippen LogP contribution in [-0.2, 0) is 15.8 Å². The van der Waals surface area contributed by atoms with Crippen LogP contribution in [0.3, 0.4) is 0 Å². The van der Waals surface area contributed by atoms with Gasteiger partial charge in [0.2, 0.25) is 10.0 Å². The zero-order valence-corrected chi connectivity index (χ0v) is 16.4. The summed E-state index contributed by atoms with van der Waals surface area (Å²) < 4.78 is 41.0. The monoisotopic (exact) mass is 396 g/mol. The van der Waals surface area contributed by atoms with E-state index in [9.17, 15) is 12.8 Å². The maximum Gasteiger partial charge on any atom is 0.215 e. The van der Waals surface area contributed by atoms with Crippen molar-refractivity contribution >= 4 is 21.4 Å². The Bertz CT molecular complexity index is 786. The molecule has 26 heavy (non-hydrogen) atoms. The Morgan fingerprint density at radius 3 is 2.58 bits per heavy atom. The highest BCUT2D eigenvalue weighted by Gasteiger charge is 2.24. The number of hydrogen-bond donors (Lipinski definition) is 1. The third-order valence-electron chi connectivity index (χ3n) is 4.75. The van der Waals surface area contributed by atoms with Gasteiger partial charge in [-0.3, -0.25) is 4.90 Å².